The number of rotatable bonds is 10. The fraction of sp³-hybridized carbons (Fsp3) is 0.548. The molecule has 2 aromatic rings. The molecule has 224 valence electrons. The summed E-state index contributed by atoms with van der Waals surface area (Å²) < 4.78 is 13.7. The molecule has 0 saturated heterocycles. The van der Waals surface area contributed by atoms with Gasteiger partial charge in [-0.05, 0) is 60.9 Å². The van der Waals surface area contributed by atoms with Crippen molar-refractivity contribution in [3.05, 3.63) is 52.3 Å². The molecule has 3 unspecified atom stereocenters. The van der Waals surface area contributed by atoms with Crippen LogP contribution >= 0.6 is 0 Å². The zero-order valence-corrected chi connectivity index (χ0v) is 25.8. The molecule has 2 N–H and O–H groups in total. The molecule has 0 spiro atoms. The van der Waals surface area contributed by atoms with Crippen molar-refractivity contribution in [3.63, 3.8) is 0 Å². The van der Waals surface area contributed by atoms with Crippen LogP contribution in [-0.2, 0) is 31.9 Å². The number of nitrogens with two attached hydrogens (primary N) is 1. The van der Waals surface area contributed by atoms with E-state index >= 15 is 0 Å². The SMILES string of the molecule is CC(=O)OC(CC(=O)OC1CC1Cc1cc(-n2cc(C)c3c2CC(C)(C)CC3=O)ccc1C(N)=O)C[N+](C)(C)C.[Cl-]. The van der Waals surface area contributed by atoms with Gasteiger partial charge in [-0.15, -0.1) is 0 Å². The third-order valence-electron chi connectivity index (χ3n) is 7.59. The van der Waals surface area contributed by atoms with Crippen LogP contribution in [0.5, 0.6) is 0 Å². The Labute approximate surface area is 248 Å². The van der Waals surface area contributed by atoms with Gasteiger partial charge in [0.1, 0.15) is 12.6 Å². The summed E-state index contributed by atoms with van der Waals surface area (Å²) in [4.78, 5) is 49.4. The van der Waals surface area contributed by atoms with Gasteiger partial charge in [0.05, 0.1) is 27.6 Å². The third kappa shape index (κ3) is 7.98. The number of amides is 1. The summed E-state index contributed by atoms with van der Waals surface area (Å²) >= 11 is 0. The fourth-order valence-corrected chi connectivity index (χ4v) is 5.90. The average Bonchev–Trinajstić information content (AvgIpc) is 3.40. The summed E-state index contributed by atoms with van der Waals surface area (Å²) in [7, 11) is 5.90. The highest BCUT2D eigenvalue weighted by Gasteiger charge is 2.42. The molecule has 41 heavy (non-hydrogen) atoms. The van der Waals surface area contributed by atoms with E-state index in [1.807, 2.05) is 46.4 Å². The predicted molar refractivity (Wildman–Crippen MR) is 150 cm³/mol. The normalized spacial score (nSPS) is 19.9. The molecule has 1 aromatic heterocycles. The number of halogens is 1. The number of quaternary nitrogens is 1. The molecule has 1 saturated carbocycles. The highest BCUT2D eigenvalue weighted by Crippen LogP contribution is 2.40. The lowest BCUT2D eigenvalue weighted by molar-refractivity contribution is -0.873. The lowest BCUT2D eigenvalue weighted by Crippen LogP contribution is -3.00. The van der Waals surface area contributed by atoms with Gasteiger partial charge in [-0.3, -0.25) is 19.2 Å². The maximum Gasteiger partial charge on any atom is 0.310 e. The van der Waals surface area contributed by atoms with Crippen LogP contribution in [0.2, 0.25) is 0 Å². The van der Waals surface area contributed by atoms with Gasteiger partial charge < -0.3 is 36.7 Å². The Bertz CT molecular complexity index is 1360. The highest BCUT2D eigenvalue weighted by atomic mass is 35.5. The van der Waals surface area contributed by atoms with E-state index in [1.54, 1.807) is 6.07 Å². The van der Waals surface area contributed by atoms with E-state index in [0.717, 1.165) is 34.5 Å². The molecular formula is C31H42ClN3O6. The number of carbonyl (C=O) groups excluding carboxylic acids is 4. The van der Waals surface area contributed by atoms with Crippen molar-refractivity contribution >= 4 is 23.6 Å². The molecule has 0 radical (unpaired) electrons. The number of benzene rings is 1. The molecule has 3 atom stereocenters. The number of carbonyl (C=O) groups is 4. The van der Waals surface area contributed by atoms with Crippen LogP contribution in [0.15, 0.2) is 24.4 Å². The molecule has 0 bridgehead atoms. The Morgan fingerprint density at radius 1 is 1.17 bits per heavy atom. The third-order valence-corrected chi connectivity index (χ3v) is 7.59. The summed E-state index contributed by atoms with van der Waals surface area (Å²) in [5.41, 5.74) is 10.4. The number of hydrogen-bond donors (Lipinski definition) is 1. The monoisotopic (exact) mass is 587 g/mol. The molecule has 1 heterocycles. The highest BCUT2D eigenvalue weighted by molar-refractivity contribution is 6.00. The minimum atomic E-state index is -0.562. The average molecular weight is 588 g/mol. The number of nitrogens with zero attached hydrogens (tertiary/aromatic N) is 2. The molecule has 1 fully saturated rings. The largest absolute Gasteiger partial charge is 1.00 e. The number of ether oxygens (including phenoxy) is 2. The number of hydrogen-bond acceptors (Lipinski definition) is 6. The number of likely N-dealkylation sites (N-methyl/N-ethyl adjacent to an activating group) is 1. The van der Waals surface area contributed by atoms with Crippen LogP contribution in [-0.4, -0.2) is 72.6 Å². The van der Waals surface area contributed by atoms with Crippen molar-refractivity contribution in [1.82, 2.24) is 4.57 Å². The second kappa shape index (κ2) is 12.0. The second-order valence-electron chi connectivity index (χ2n) is 13.3. The molecular weight excluding hydrogens is 546 g/mol. The van der Waals surface area contributed by atoms with Gasteiger partial charge in [0.25, 0.3) is 0 Å². The van der Waals surface area contributed by atoms with Crippen LogP contribution in [0.1, 0.15) is 77.6 Å². The van der Waals surface area contributed by atoms with E-state index in [4.69, 9.17) is 15.2 Å². The van der Waals surface area contributed by atoms with Gasteiger partial charge in [0.15, 0.2) is 11.9 Å². The number of aromatic nitrogens is 1. The maximum absolute atomic E-state index is 12.9. The minimum absolute atomic E-state index is 0. The number of fused-ring (bicyclic) bond motifs is 1. The molecule has 1 aromatic carbocycles. The molecule has 2 aliphatic carbocycles. The Kier molecular flexibility index (Phi) is 9.45. The number of Topliss-reactive ketones (excluding diaryl/α,β-unsaturated/α-hetero) is 1. The molecule has 0 aliphatic heterocycles. The number of ketones is 1. The first kappa shape index (κ1) is 32.3. The lowest BCUT2D eigenvalue weighted by atomic mass is 9.75. The zero-order chi connectivity index (χ0) is 29.6. The van der Waals surface area contributed by atoms with Crippen molar-refractivity contribution in [1.29, 1.82) is 0 Å². The van der Waals surface area contributed by atoms with Gasteiger partial charge in [0, 0.05) is 48.0 Å². The summed E-state index contributed by atoms with van der Waals surface area (Å²) in [6.45, 7) is 7.99. The number of primary amides is 1. The first-order valence-corrected chi connectivity index (χ1v) is 13.9. The quantitative estimate of drug-likeness (QED) is 0.320. The lowest BCUT2D eigenvalue weighted by Gasteiger charge is -2.30. The zero-order valence-electron chi connectivity index (χ0n) is 25.1. The van der Waals surface area contributed by atoms with E-state index < -0.39 is 23.9 Å². The van der Waals surface area contributed by atoms with Crippen LogP contribution < -0.4 is 18.1 Å². The molecule has 2 aliphatic rings. The standard InChI is InChI=1S/C31H41N3O6.ClH/c1-18-16-33(25-14-31(3,4)15-26(36)29(18)25)22-8-9-24(30(32)38)20(11-22)10-21-12-27(21)40-28(37)13-23(39-19(2)35)17-34(5,6)7;/h8-9,11,16,21,23,27H,10,12-15,17H2,1-7H3,(H-,32,38);1H. The molecule has 1 amide bonds. The molecule has 4 rings (SSSR count). The first-order chi connectivity index (χ1) is 18.5. The topological polar surface area (TPSA) is 118 Å². The van der Waals surface area contributed by atoms with Crippen molar-refractivity contribution < 1.29 is 45.5 Å². The Morgan fingerprint density at radius 3 is 2.46 bits per heavy atom. The van der Waals surface area contributed by atoms with Crippen molar-refractivity contribution in [2.45, 2.75) is 72.0 Å². The van der Waals surface area contributed by atoms with Crippen molar-refractivity contribution in [2.75, 3.05) is 27.7 Å². The Hall–Kier alpha value is -3.17. The summed E-state index contributed by atoms with van der Waals surface area (Å²) in [6.07, 6.45) is 3.67. The maximum atomic E-state index is 12.9. The number of esters is 2. The van der Waals surface area contributed by atoms with Gasteiger partial charge in [0.2, 0.25) is 5.91 Å². The first-order valence-electron chi connectivity index (χ1n) is 13.9. The van der Waals surface area contributed by atoms with Crippen LogP contribution in [0.25, 0.3) is 5.69 Å². The van der Waals surface area contributed by atoms with Gasteiger partial charge >= 0.3 is 11.9 Å². The van der Waals surface area contributed by atoms with Gasteiger partial charge in [-0.1, -0.05) is 13.8 Å². The Morgan fingerprint density at radius 2 is 1.85 bits per heavy atom. The summed E-state index contributed by atoms with van der Waals surface area (Å²) in [6, 6.07) is 5.56. The fourth-order valence-electron chi connectivity index (χ4n) is 5.90. The van der Waals surface area contributed by atoms with E-state index in [1.165, 1.54) is 6.92 Å². The second-order valence-corrected chi connectivity index (χ2v) is 13.3. The number of aryl methyl sites for hydroxylation is 1. The van der Waals surface area contributed by atoms with E-state index in [-0.39, 0.29) is 42.0 Å². The predicted octanol–water partition coefficient (Wildman–Crippen LogP) is 0.546. The van der Waals surface area contributed by atoms with Gasteiger partial charge in [-0.2, -0.15) is 0 Å². The molecule has 9 nitrogen and oxygen atoms in total. The smallest absolute Gasteiger partial charge is 0.310 e. The van der Waals surface area contributed by atoms with E-state index in [0.29, 0.717) is 35.9 Å². The minimum Gasteiger partial charge on any atom is -1.00 e. The van der Waals surface area contributed by atoms with E-state index in [2.05, 4.69) is 18.4 Å². The van der Waals surface area contributed by atoms with Gasteiger partial charge in [-0.25, -0.2) is 0 Å². The van der Waals surface area contributed by atoms with Crippen LogP contribution in [0, 0.1) is 18.3 Å². The van der Waals surface area contributed by atoms with Crippen molar-refractivity contribution in [2.24, 2.45) is 17.1 Å². The summed E-state index contributed by atoms with van der Waals surface area (Å²) in [5, 5.41) is 0. The van der Waals surface area contributed by atoms with Crippen LogP contribution in [0.4, 0.5) is 0 Å². The van der Waals surface area contributed by atoms with Crippen molar-refractivity contribution in [3.8, 4) is 5.69 Å². The van der Waals surface area contributed by atoms with Crippen LogP contribution in [0.3, 0.4) is 0 Å². The Balaban J connectivity index is 0.00000462. The summed E-state index contributed by atoms with van der Waals surface area (Å²) in [5.74, 6) is -1.12. The van der Waals surface area contributed by atoms with E-state index in [9.17, 15) is 19.2 Å². The molecule has 10 heteroatoms.